The van der Waals surface area contributed by atoms with Crippen molar-refractivity contribution in [3.8, 4) is 0 Å². The fourth-order valence-electron chi connectivity index (χ4n) is 4.58. The summed E-state index contributed by atoms with van der Waals surface area (Å²) in [6.45, 7) is 24.8. The van der Waals surface area contributed by atoms with Crippen LogP contribution in [0.25, 0.3) is 0 Å². The van der Waals surface area contributed by atoms with Gasteiger partial charge in [-0.05, 0) is 55.0 Å². The topological polar surface area (TPSA) is 98.8 Å². The fraction of sp³-hybridized carbons (Fsp3) is 0.966. The molecule has 0 aliphatic carbocycles. The largest absolute Gasteiger partial charge is 0.417 e. The normalized spacial score (nSPS) is 23.4. The predicted octanol–water partition coefficient (Wildman–Crippen LogP) is 7.26. The van der Waals surface area contributed by atoms with Crippen LogP contribution in [0, 0.1) is 11.8 Å². The molecule has 0 aromatic rings. The van der Waals surface area contributed by atoms with E-state index in [1.54, 1.807) is 14.2 Å². The molecule has 0 amide bonds. The number of ketones is 1. The first-order valence-corrected chi connectivity index (χ1v) is 22.4. The highest BCUT2D eigenvalue weighted by Crippen LogP contribution is 2.47. The average molecular weight is 641 g/mol. The Kier molecular flexibility index (Phi) is 14.6. The summed E-state index contributed by atoms with van der Waals surface area (Å²) in [6, 6.07) is 0. The van der Waals surface area contributed by atoms with Crippen LogP contribution >= 0.6 is 7.60 Å². The quantitative estimate of drug-likeness (QED) is 0.120. The number of carbonyl (C=O) groups excluding carboxylic acids is 1. The maximum Gasteiger partial charge on any atom is 0.337 e. The van der Waals surface area contributed by atoms with Gasteiger partial charge in [0, 0.05) is 47.4 Å². The first-order chi connectivity index (χ1) is 18.6. The molecule has 6 atom stereocenters. The molecule has 0 bridgehead atoms. The molecule has 244 valence electrons. The molecule has 41 heavy (non-hydrogen) atoms. The van der Waals surface area contributed by atoms with E-state index in [4.69, 9.17) is 32.1 Å². The van der Waals surface area contributed by atoms with Crippen molar-refractivity contribution in [1.82, 2.24) is 0 Å². The van der Waals surface area contributed by atoms with Crippen LogP contribution in [-0.4, -0.2) is 88.2 Å². The van der Waals surface area contributed by atoms with Gasteiger partial charge in [-0.1, -0.05) is 48.5 Å². The lowest BCUT2D eigenvalue weighted by atomic mass is 9.85. The first-order valence-electron chi connectivity index (χ1n) is 14.8. The van der Waals surface area contributed by atoms with Crippen LogP contribution in [0.15, 0.2) is 0 Å². The average Bonchev–Trinajstić information content (AvgIpc) is 3.24. The second kappa shape index (κ2) is 15.4. The van der Waals surface area contributed by atoms with Gasteiger partial charge in [-0.3, -0.25) is 9.36 Å². The summed E-state index contributed by atoms with van der Waals surface area (Å²) < 4.78 is 54.4. The minimum atomic E-state index is -3.44. The first kappa shape index (κ1) is 39.1. The van der Waals surface area contributed by atoms with Gasteiger partial charge in [0.25, 0.3) is 0 Å². The van der Waals surface area contributed by atoms with Crippen molar-refractivity contribution in [1.29, 1.82) is 0 Å². The maximum absolute atomic E-state index is 13.0. The summed E-state index contributed by atoms with van der Waals surface area (Å²) in [6.07, 6.45) is 0.155. The summed E-state index contributed by atoms with van der Waals surface area (Å²) in [5, 5.41) is 0.111. The number of rotatable bonds is 17. The Labute approximate surface area is 252 Å². The van der Waals surface area contributed by atoms with Gasteiger partial charge >= 0.3 is 7.60 Å². The number of hydrogen-bond acceptors (Lipinski definition) is 9. The second-order valence-electron chi connectivity index (χ2n) is 14.5. The van der Waals surface area contributed by atoms with E-state index in [1.807, 2.05) is 6.92 Å². The van der Waals surface area contributed by atoms with Crippen molar-refractivity contribution in [2.24, 2.45) is 11.8 Å². The lowest BCUT2D eigenvalue weighted by Gasteiger charge is -2.43. The molecule has 1 unspecified atom stereocenters. The number of methoxy groups -OCH3 is 2. The van der Waals surface area contributed by atoms with E-state index in [1.165, 1.54) is 14.2 Å². The zero-order valence-electron chi connectivity index (χ0n) is 28.6. The zero-order valence-corrected chi connectivity index (χ0v) is 31.5. The lowest BCUT2D eigenvalue weighted by molar-refractivity contribution is -0.165. The molecule has 1 aliphatic heterocycles. The van der Waals surface area contributed by atoms with Crippen LogP contribution in [0.1, 0.15) is 67.7 Å². The summed E-state index contributed by atoms with van der Waals surface area (Å²) >= 11 is 0. The smallest absolute Gasteiger partial charge is 0.337 e. The van der Waals surface area contributed by atoms with Crippen molar-refractivity contribution >= 4 is 30.0 Å². The minimum absolute atomic E-state index is 0.00635. The Morgan fingerprint density at radius 2 is 1.49 bits per heavy atom. The number of Topliss-reactive ketones (excluding diaryl/α,β-unsaturated/α-hetero) is 1. The Balaban J connectivity index is 3.28. The van der Waals surface area contributed by atoms with Crippen LogP contribution in [0.5, 0.6) is 0 Å². The molecule has 1 heterocycles. The Hall–Kier alpha value is 0.0538. The molecule has 1 fully saturated rings. The summed E-state index contributed by atoms with van der Waals surface area (Å²) in [7, 11) is -1.66. The molecule has 0 saturated carbocycles. The molecular formula is C29H61O9PSi2. The Bertz CT molecular complexity index is 861. The van der Waals surface area contributed by atoms with E-state index in [-0.39, 0.29) is 52.2 Å². The van der Waals surface area contributed by atoms with Gasteiger partial charge in [0.2, 0.25) is 0 Å². The van der Waals surface area contributed by atoms with E-state index < -0.39 is 30.5 Å². The van der Waals surface area contributed by atoms with Crippen molar-refractivity contribution in [3.05, 3.63) is 0 Å². The molecule has 0 radical (unpaired) electrons. The van der Waals surface area contributed by atoms with Gasteiger partial charge in [-0.15, -0.1) is 0 Å². The van der Waals surface area contributed by atoms with Crippen molar-refractivity contribution in [2.75, 3.05) is 41.2 Å². The van der Waals surface area contributed by atoms with Crippen LogP contribution in [0.4, 0.5) is 0 Å². The monoisotopic (exact) mass is 640 g/mol. The molecule has 0 N–H and O–H groups in total. The summed E-state index contributed by atoms with van der Waals surface area (Å²) in [5.41, 5.74) is 0. The lowest BCUT2D eigenvalue weighted by Crippen LogP contribution is -2.52. The van der Waals surface area contributed by atoms with Crippen molar-refractivity contribution in [2.45, 2.75) is 129 Å². The fourth-order valence-corrected chi connectivity index (χ4v) is 8.10. The third-order valence-corrected chi connectivity index (χ3v) is 20.4. The van der Waals surface area contributed by atoms with E-state index in [2.05, 4.69) is 67.7 Å². The second-order valence-corrected chi connectivity index (χ2v) is 26.3. The van der Waals surface area contributed by atoms with Gasteiger partial charge < -0.3 is 32.1 Å². The minimum Gasteiger partial charge on any atom is -0.417 e. The zero-order chi connectivity index (χ0) is 32.0. The highest BCUT2D eigenvalue weighted by molar-refractivity contribution is 7.54. The molecule has 9 nitrogen and oxygen atoms in total. The van der Waals surface area contributed by atoms with Gasteiger partial charge in [0.05, 0.1) is 12.2 Å². The highest BCUT2D eigenvalue weighted by Gasteiger charge is 2.48. The molecule has 1 rings (SSSR count). The molecule has 0 spiro atoms. The maximum atomic E-state index is 13.0. The van der Waals surface area contributed by atoms with E-state index >= 15 is 0 Å². The summed E-state index contributed by atoms with van der Waals surface area (Å²) in [5.74, 6) is -0.567. The van der Waals surface area contributed by atoms with Gasteiger partial charge in [-0.2, -0.15) is 0 Å². The number of hydrogen-bond donors (Lipinski definition) is 0. The molecule has 0 aromatic heterocycles. The standard InChI is InChI=1S/C29H61O9PSi2/c1-21(23(30)20-39(31,34-10)35-11)18-22-19-25(32-8)37-26(22)27(33-9)24(38-41(14,15)29(5,6)7)16-17-36-40(12,13)28(2,3)4/h21-22,24-27H,16-20H2,1-15H3/t21-,22-,24-,25?,26+,27+/m1/s1. The van der Waals surface area contributed by atoms with E-state index in [9.17, 15) is 9.36 Å². The van der Waals surface area contributed by atoms with Crippen molar-refractivity contribution < 1.29 is 41.5 Å². The predicted molar refractivity (Wildman–Crippen MR) is 170 cm³/mol. The highest BCUT2D eigenvalue weighted by atomic mass is 31.2. The molecule has 1 aliphatic rings. The molecule has 1 saturated heterocycles. The third kappa shape index (κ3) is 10.9. The Morgan fingerprint density at radius 1 is 0.951 bits per heavy atom. The van der Waals surface area contributed by atoms with Crippen LogP contribution in [-0.2, 0) is 41.5 Å². The number of carbonyl (C=O) groups is 1. The van der Waals surface area contributed by atoms with Crippen LogP contribution < -0.4 is 0 Å². The third-order valence-electron chi connectivity index (χ3n) is 9.53. The van der Waals surface area contributed by atoms with Gasteiger partial charge in [-0.25, -0.2) is 0 Å². The Morgan fingerprint density at radius 3 is 1.93 bits per heavy atom. The molecular weight excluding hydrogens is 579 g/mol. The van der Waals surface area contributed by atoms with Gasteiger partial charge in [0.15, 0.2) is 22.9 Å². The van der Waals surface area contributed by atoms with E-state index in [0.29, 0.717) is 25.9 Å². The SMILES string of the molecule is COC1C[C@@H](C[C@@H](C)C(=O)CP(=O)(OC)OC)[C@@H]([C@@H](OC)[C@@H](CCO[Si](C)(C)C(C)(C)C)O[Si](C)(C)C(C)(C)C)O1. The summed E-state index contributed by atoms with van der Waals surface area (Å²) in [4.78, 5) is 13.0. The van der Waals surface area contributed by atoms with Crippen LogP contribution in [0.2, 0.25) is 36.3 Å². The van der Waals surface area contributed by atoms with Gasteiger partial charge in [0.1, 0.15) is 18.0 Å². The van der Waals surface area contributed by atoms with Crippen LogP contribution in [0.3, 0.4) is 0 Å². The van der Waals surface area contributed by atoms with E-state index in [0.717, 1.165) is 0 Å². The number of ether oxygens (including phenoxy) is 3. The molecule has 12 heteroatoms. The molecule has 0 aromatic carbocycles. The van der Waals surface area contributed by atoms with Crippen molar-refractivity contribution in [3.63, 3.8) is 0 Å².